The number of nitro benzene ring substituents is 1. The van der Waals surface area contributed by atoms with E-state index in [1.807, 2.05) is 19.9 Å². The molecule has 3 N–H and O–H groups in total. The summed E-state index contributed by atoms with van der Waals surface area (Å²) < 4.78 is 0. The Morgan fingerprint density at radius 2 is 1.83 bits per heavy atom. The van der Waals surface area contributed by atoms with E-state index < -0.39 is 22.3 Å². The van der Waals surface area contributed by atoms with Crippen molar-refractivity contribution in [2.45, 2.75) is 13.8 Å². The predicted molar refractivity (Wildman–Crippen MR) is 94.4 cm³/mol. The summed E-state index contributed by atoms with van der Waals surface area (Å²) in [5, 5.41) is 25.6. The number of benzene rings is 2. The van der Waals surface area contributed by atoms with Gasteiger partial charge in [-0.2, -0.15) is 0 Å². The van der Waals surface area contributed by atoms with E-state index in [4.69, 9.17) is 12.2 Å². The Morgan fingerprint density at radius 1 is 1.21 bits per heavy atom. The molecule has 24 heavy (non-hydrogen) atoms. The van der Waals surface area contributed by atoms with Crippen LogP contribution < -0.4 is 10.6 Å². The molecule has 7 nitrogen and oxygen atoms in total. The topological polar surface area (TPSA) is 104 Å². The lowest BCUT2D eigenvalue weighted by Crippen LogP contribution is -2.34. The molecule has 0 aliphatic rings. The Kier molecular flexibility index (Phi) is 5.10. The van der Waals surface area contributed by atoms with Gasteiger partial charge in [-0.05, 0) is 44.3 Å². The largest absolute Gasteiger partial charge is 0.501 e. The van der Waals surface area contributed by atoms with Crippen LogP contribution in [-0.2, 0) is 0 Å². The summed E-state index contributed by atoms with van der Waals surface area (Å²) in [6, 6.07) is 9.35. The van der Waals surface area contributed by atoms with Crippen molar-refractivity contribution >= 4 is 34.6 Å². The van der Waals surface area contributed by atoms with Crippen LogP contribution in [0.1, 0.15) is 21.5 Å². The monoisotopic (exact) mass is 345 g/mol. The summed E-state index contributed by atoms with van der Waals surface area (Å²) in [6.07, 6.45) is 0. The van der Waals surface area contributed by atoms with E-state index in [2.05, 4.69) is 10.6 Å². The second-order valence-electron chi connectivity index (χ2n) is 5.22. The van der Waals surface area contributed by atoms with Crippen molar-refractivity contribution in [1.29, 1.82) is 0 Å². The van der Waals surface area contributed by atoms with Gasteiger partial charge in [0.2, 0.25) is 5.75 Å². The number of hydrogen-bond donors (Lipinski definition) is 3. The van der Waals surface area contributed by atoms with Gasteiger partial charge in [0.15, 0.2) is 5.11 Å². The van der Waals surface area contributed by atoms with Crippen molar-refractivity contribution in [3.8, 4) is 5.75 Å². The lowest BCUT2D eigenvalue weighted by Gasteiger charge is -2.11. The number of aromatic hydroxyl groups is 1. The molecule has 0 saturated heterocycles. The van der Waals surface area contributed by atoms with Crippen LogP contribution in [0.15, 0.2) is 36.4 Å². The molecule has 2 rings (SSSR count). The molecule has 8 heteroatoms. The van der Waals surface area contributed by atoms with E-state index >= 15 is 0 Å². The van der Waals surface area contributed by atoms with Gasteiger partial charge >= 0.3 is 5.69 Å². The number of hydrogen-bond acceptors (Lipinski definition) is 5. The Hall–Kier alpha value is -3.00. The van der Waals surface area contributed by atoms with E-state index in [9.17, 15) is 20.0 Å². The molecule has 0 spiro atoms. The first kappa shape index (κ1) is 17.4. The van der Waals surface area contributed by atoms with E-state index in [1.165, 1.54) is 12.1 Å². The summed E-state index contributed by atoms with van der Waals surface area (Å²) in [6.45, 7) is 3.75. The molecule has 0 unspecified atom stereocenters. The highest BCUT2D eigenvalue weighted by Gasteiger charge is 2.17. The highest BCUT2D eigenvalue weighted by molar-refractivity contribution is 7.80. The lowest BCUT2D eigenvalue weighted by molar-refractivity contribution is -0.385. The van der Waals surface area contributed by atoms with E-state index in [-0.39, 0.29) is 10.8 Å². The number of nitro groups is 1. The maximum atomic E-state index is 12.2. The van der Waals surface area contributed by atoms with Gasteiger partial charge in [0.1, 0.15) is 0 Å². The highest BCUT2D eigenvalue weighted by Crippen LogP contribution is 2.33. The number of carbonyl (C=O) groups is 1. The zero-order valence-corrected chi connectivity index (χ0v) is 13.8. The second-order valence-corrected chi connectivity index (χ2v) is 5.62. The first-order valence-corrected chi connectivity index (χ1v) is 7.35. The van der Waals surface area contributed by atoms with Gasteiger partial charge in [-0.3, -0.25) is 20.2 Å². The molecule has 0 saturated carbocycles. The Bertz CT molecular complexity index is 816. The molecule has 0 aliphatic heterocycles. The number of nitrogens with one attached hydrogen (secondary N) is 2. The normalized spacial score (nSPS) is 10.1. The number of amides is 1. The Labute approximate surface area is 143 Å². The number of anilines is 1. The second kappa shape index (κ2) is 7.05. The van der Waals surface area contributed by atoms with Gasteiger partial charge in [-0.1, -0.05) is 23.3 Å². The van der Waals surface area contributed by atoms with Gasteiger partial charge in [-0.25, -0.2) is 0 Å². The first-order valence-electron chi connectivity index (χ1n) is 6.95. The molecule has 2 aromatic carbocycles. The van der Waals surface area contributed by atoms with Crippen LogP contribution in [0.25, 0.3) is 0 Å². The van der Waals surface area contributed by atoms with Gasteiger partial charge in [0.05, 0.1) is 10.6 Å². The minimum absolute atomic E-state index is 0.0370. The highest BCUT2D eigenvalue weighted by atomic mass is 32.1. The van der Waals surface area contributed by atoms with Crippen LogP contribution in [-0.4, -0.2) is 21.0 Å². The van der Waals surface area contributed by atoms with Crippen LogP contribution in [0.5, 0.6) is 5.75 Å². The number of aryl methyl sites for hydroxylation is 2. The number of para-hydroxylation sites is 1. The van der Waals surface area contributed by atoms with Crippen molar-refractivity contribution in [2.75, 3.05) is 5.32 Å². The van der Waals surface area contributed by atoms with Gasteiger partial charge < -0.3 is 10.4 Å². The van der Waals surface area contributed by atoms with Crippen molar-refractivity contribution in [1.82, 2.24) is 5.32 Å². The number of phenols is 1. The molecular weight excluding hydrogens is 330 g/mol. The van der Waals surface area contributed by atoms with Crippen molar-refractivity contribution in [3.05, 3.63) is 63.2 Å². The van der Waals surface area contributed by atoms with E-state index in [0.717, 1.165) is 17.2 Å². The van der Waals surface area contributed by atoms with Crippen LogP contribution in [0, 0.1) is 24.0 Å². The molecule has 0 fully saturated rings. The molecule has 0 atom stereocenters. The molecule has 0 aromatic heterocycles. The summed E-state index contributed by atoms with van der Waals surface area (Å²) in [4.78, 5) is 22.3. The molecular formula is C16H15N3O4S. The quantitative estimate of drug-likeness (QED) is 0.342. The van der Waals surface area contributed by atoms with Gasteiger partial charge in [0, 0.05) is 11.6 Å². The predicted octanol–water partition coefficient (Wildman–Crippen LogP) is 3.04. The summed E-state index contributed by atoms with van der Waals surface area (Å²) in [5.74, 6) is -0.963. The number of carbonyl (C=O) groups excluding carboxylic acids is 1. The van der Waals surface area contributed by atoms with Crippen LogP contribution in [0.4, 0.5) is 11.4 Å². The fraction of sp³-hybridized carbons (Fsp3) is 0.125. The molecule has 0 heterocycles. The van der Waals surface area contributed by atoms with Gasteiger partial charge in [0.25, 0.3) is 5.91 Å². The van der Waals surface area contributed by atoms with E-state index in [1.54, 1.807) is 12.1 Å². The van der Waals surface area contributed by atoms with Crippen LogP contribution >= 0.6 is 12.2 Å². The average Bonchev–Trinajstić information content (AvgIpc) is 2.48. The fourth-order valence-electron chi connectivity index (χ4n) is 2.21. The maximum absolute atomic E-state index is 12.2. The number of rotatable bonds is 3. The van der Waals surface area contributed by atoms with Crippen molar-refractivity contribution in [2.24, 2.45) is 0 Å². The molecule has 0 aliphatic carbocycles. The summed E-state index contributed by atoms with van der Waals surface area (Å²) in [5.41, 5.74) is 1.91. The molecule has 0 radical (unpaired) electrons. The summed E-state index contributed by atoms with van der Waals surface area (Å²) >= 11 is 5.02. The lowest BCUT2D eigenvalue weighted by atomic mass is 10.1. The van der Waals surface area contributed by atoms with Crippen LogP contribution in [0.3, 0.4) is 0 Å². The van der Waals surface area contributed by atoms with Crippen molar-refractivity contribution in [3.63, 3.8) is 0 Å². The molecule has 0 bridgehead atoms. The minimum Gasteiger partial charge on any atom is -0.501 e. The maximum Gasteiger partial charge on any atom is 0.312 e. The smallest absolute Gasteiger partial charge is 0.312 e. The number of phenolic OH excluding ortho intramolecular Hbond substituents is 1. The zero-order valence-electron chi connectivity index (χ0n) is 13.0. The molecule has 124 valence electrons. The standard InChI is InChI=1S/C16H15N3O4S/c1-9-6-10(2)8-11(7-9)15(21)18-16(24)17-12-4-3-5-13(14(12)20)19(22)23/h3-8,20H,1-2H3,(H2,17,18,21,24). The Morgan fingerprint density at radius 3 is 2.42 bits per heavy atom. The Balaban J connectivity index is 2.12. The first-order chi connectivity index (χ1) is 11.3. The number of thiocarbonyl (C=S) groups is 1. The molecule has 1 amide bonds. The molecule has 2 aromatic rings. The van der Waals surface area contributed by atoms with Gasteiger partial charge in [-0.15, -0.1) is 0 Å². The third-order valence-corrected chi connectivity index (χ3v) is 3.37. The van der Waals surface area contributed by atoms with Crippen LogP contribution in [0.2, 0.25) is 0 Å². The SMILES string of the molecule is Cc1cc(C)cc(C(=O)NC(=S)Nc2cccc([N+](=O)[O-])c2O)c1. The fourth-order valence-corrected chi connectivity index (χ4v) is 2.42. The summed E-state index contributed by atoms with van der Waals surface area (Å²) in [7, 11) is 0. The minimum atomic E-state index is -0.711. The third-order valence-electron chi connectivity index (χ3n) is 3.17. The number of nitrogens with zero attached hydrogens (tertiary/aromatic N) is 1. The van der Waals surface area contributed by atoms with E-state index in [0.29, 0.717) is 5.56 Å². The average molecular weight is 345 g/mol. The third kappa shape index (κ3) is 4.05. The zero-order chi connectivity index (χ0) is 17.9. The van der Waals surface area contributed by atoms with Crippen molar-refractivity contribution < 1.29 is 14.8 Å².